The minimum absolute atomic E-state index is 0.00190. The van der Waals surface area contributed by atoms with Crippen molar-refractivity contribution in [3.05, 3.63) is 34.9 Å². The van der Waals surface area contributed by atoms with E-state index >= 15 is 0 Å². The summed E-state index contributed by atoms with van der Waals surface area (Å²) >= 11 is 0. The minimum atomic E-state index is -5.01. The highest BCUT2D eigenvalue weighted by Gasteiger charge is 2.37. The number of hydrogen-bond acceptors (Lipinski definition) is 3. The molecule has 1 aromatic carbocycles. The van der Waals surface area contributed by atoms with Crippen molar-refractivity contribution in [1.82, 2.24) is 16.0 Å². The number of carbonyl (C=O) groups is 2. The highest BCUT2D eigenvalue weighted by molar-refractivity contribution is 5.94. The van der Waals surface area contributed by atoms with Crippen LogP contribution in [0.4, 0.5) is 26.3 Å². The Morgan fingerprint density at radius 3 is 1.97 bits per heavy atom. The van der Waals surface area contributed by atoms with E-state index in [0.29, 0.717) is 56.8 Å². The summed E-state index contributed by atoms with van der Waals surface area (Å²) in [6.45, 7) is 5.39. The first-order valence-electron chi connectivity index (χ1n) is 10.8. The smallest absolute Gasteiger partial charge is 0.355 e. The third kappa shape index (κ3) is 8.87. The van der Waals surface area contributed by atoms with Crippen molar-refractivity contribution < 1.29 is 35.9 Å². The molecule has 0 aliphatic heterocycles. The number of alkyl halides is 6. The molecule has 0 spiro atoms. The number of hydrogen-bond donors (Lipinski definition) is 3. The zero-order chi connectivity index (χ0) is 24.8. The zero-order valence-electron chi connectivity index (χ0n) is 18.5. The van der Waals surface area contributed by atoms with Crippen molar-refractivity contribution in [3.63, 3.8) is 0 Å². The number of halogens is 6. The number of benzene rings is 1. The molecule has 2 rings (SSSR count). The summed E-state index contributed by atoms with van der Waals surface area (Å²) in [4.78, 5) is 24.1. The summed E-state index contributed by atoms with van der Waals surface area (Å²) in [5.41, 5.74) is -3.71. The Morgan fingerprint density at radius 1 is 0.939 bits per heavy atom. The Hall–Kier alpha value is -2.30. The van der Waals surface area contributed by atoms with Crippen LogP contribution in [0.25, 0.3) is 0 Å². The third-order valence-electron chi connectivity index (χ3n) is 5.46. The molecule has 5 nitrogen and oxygen atoms in total. The van der Waals surface area contributed by atoms with Crippen LogP contribution in [0, 0.1) is 11.8 Å². The lowest BCUT2D eigenvalue weighted by Gasteiger charge is -2.29. The van der Waals surface area contributed by atoms with Gasteiger partial charge in [0.2, 0.25) is 5.91 Å². The van der Waals surface area contributed by atoms with Gasteiger partial charge in [0.25, 0.3) is 5.91 Å². The minimum Gasteiger partial charge on any atom is -0.355 e. The number of nitrogens with one attached hydrogen (secondary N) is 3. The molecule has 1 aliphatic rings. The monoisotopic (exact) mass is 481 g/mol. The summed E-state index contributed by atoms with van der Waals surface area (Å²) in [6.07, 6.45) is -7.50. The van der Waals surface area contributed by atoms with Gasteiger partial charge in [-0.1, -0.05) is 13.8 Å². The van der Waals surface area contributed by atoms with Crippen molar-refractivity contribution in [2.75, 3.05) is 19.6 Å². The first-order chi connectivity index (χ1) is 15.3. The van der Waals surface area contributed by atoms with Gasteiger partial charge in [-0.2, -0.15) is 26.3 Å². The van der Waals surface area contributed by atoms with Crippen LogP contribution < -0.4 is 16.0 Å². The van der Waals surface area contributed by atoms with Gasteiger partial charge in [-0.15, -0.1) is 0 Å². The maximum absolute atomic E-state index is 13.0. The third-order valence-corrected chi connectivity index (χ3v) is 5.46. The lowest BCUT2D eigenvalue weighted by atomic mass is 9.86. The normalized spacial score (nSPS) is 19.4. The van der Waals surface area contributed by atoms with Gasteiger partial charge in [0.1, 0.15) is 0 Å². The van der Waals surface area contributed by atoms with Gasteiger partial charge >= 0.3 is 12.4 Å². The van der Waals surface area contributed by atoms with E-state index in [1.807, 2.05) is 13.8 Å². The molecule has 11 heteroatoms. The molecule has 0 radical (unpaired) electrons. The van der Waals surface area contributed by atoms with Gasteiger partial charge < -0.3 is 16.0 Å². The number of carbonyl (C=O) groups excluding carboxylic acids is 2. The average Bonchev–Trinajstić information content (AvgIpc) is 2.72. The number of rotatable bonds is 8. The molecule has 186 valence electrons. The van der Waals surface area contributed by atoms with Crippen LogP contribution in [0.2, 0.25) is 0 Å². The van der Waals surface area contributed by atoms with Gasteiger partial charge in [0.05, 0.1) is 17.7 Å². The average molecular weight is 481 g/mol. The molecular formula is C22H29F6N3O2. The maximum atomic E-state index is 13.0. The van der Waals surface area contributed by atoms with Crippen LogP contribution >= 0.6 is 0 Å². The fourth-order valence-corrected chi connectivity index (χ4v) is 3.64. The van der Waals surface area contributed by atoms with Crippen molar-refractivity contribution in [1.29, 1.82) is 0 Å². The molecule has 33 heavy (non-hydrogen) atoms. The van der Waals surface area contributed by atoms with E-state index in [1.165, 1.54) is 0 Å². The summed E-state index contributed by atoms with van der Waals surface area (Å²) in [6, 6.07) is 0.527. The van der Waals surface area contributed by atoms with Crippen LogP contribution in [0.5, 0.6) is 0 Å². The number of amides is 2. The first-order valence-corrected chi connectivity index (χ1v) is 10.8. The molecule has 3 N–H and O–H groups in total. The predicted molar refractivity (Wildman–Crippen MR) is 110 cm³/mol. The highest BCUT2D eigenvalue weighted by Crippen LogP contribution is 2.36. The lowest BCUT2D eigenvalue weighted by molar-refractivity contribution is -0.143. The molecule has 0 unspecified atom stereocenters. The van der Waals surface area contributed by atoms with Gasteiger partial charge in [-0.3, -0.25) is 9.59 Å². The van der Waals surface area contributed by atoms with Crippen LogP contribution in [-0.4, -0.2) is 37.5 Å². The van der Waals surface area contributed by atoms with E-state index in [0.717, 1.165) is 0 Å². The van der Waals surface area contributed by atoms with E-state index in [-0.39, 0.29) is 30.5 Å². The molecular weight excluding hydrogens is 452 g/mol. The topological polar surface area (TPSA) is 70.2 Å². The van der Waals surface area contributed by atoms with Gasteiger partial charge in [0.15, 0.2) is 0 Å². The van der Waals surface area contributed by atoms with Crippen LogP contribution in [0.3, 0.4) is 0 Å². The summed E-state index contributed by atoms with van der Waals surface area (Å²) in [5.74, 6) is -0.434. The Balaban J connectivity index is 1.87. The van der Waals surface area contributed by atoms with Gasteiger partial charge in [-0.25, -0.2) is 0 Å². The molecule has 1 fully saturated rings. The summed E-state index contributed by atoms with van der Waals surface area (Å²) in [5, 5.41) is 8.45. The zero-order valence-corrected chi connectivity index (χ0v) is 18.5. The molecule has 0 bridgehead atoms. The molecule has 0 atom stereocenters. The summed E-state index contributed by atoms with van der Waals surface area (Å²) in [7, 11) is 0. The molecule has 1 aliphatic carbocycles. The summed E-state index contributed by atoms with van der Waals surface area (Å²) < 4.78 is 78.0. The van der Waals surface area contributed by atoms with Crippen molar-refractivity contribution >= 4 is 11.8 Å². The van der Waals surface area contributed by atoms with E-state index in [4.69, 9.17) is 0 Å². The van der Waals surface area contributed by atoms with E-state index in [2.05, 4.69) is 16.0 Å². The molecule has 2 amide bonds. The quantitative estimate of drug-likeness (QED) is 0.483. The fourth-order valence-electron chi connectivity index (χ4n) is 3.64. The fraction of sp³-hybridized carbons (Fsp3) is 0.636. The maximum Gasteiger partial charge on any atom is 0.416 e. The van der Waals surface area contributed by atoms with E-state index in [1.54, 1.807) is 0 Å². The Bertz CT molecular complexity index is 783. The van der Waals surface area contributed by atoms with Gasteiger partial charge in [-0.05, 0) is 62.3 Å². The Labute approximate surface area is 188 Å². The van der Waals surface area contributed by atoms with Crippen LogP contribution in [0.1, 0.15) is 61.0 Å². The predicted octanol–water partition coefficient (Wildman–Crippen LogP) is 4.37. The molecule has 0 aromatic heterocycles. The van der Waals surface area contributed by atoms with Crippen LogP contribution in [-0.2, 0) is 17.1 Å². The second kappa shape index (κ2) is 11.2. The van der Waals surface area contributed by atoms with Crippen molar-refractivity contribution in [3.8, 4) is 0 Å². The Kier molecular flexibility index (Phi) is 9.16. The molecule has 0 saturated heterocycles. The first kappa shape index (κ1) is 26.9. The highest BCUT2D eigenvalue weighted by atomic mass is 19.4. The largest absolute Gasteiger partial charge is 0.416 e. The molecule has 0 heterocycles. The Morgan fingerprint density at radius 2 is 1.48 bits per heavy atom. The van der Waals surface area contributed by atoms with E-state index < -0.39 is 35.0 Å². The molecule has 1 aromatic rings. The van der Waals surface area contributed by atoms with Crippen molar-refractivity contribution in [2.24, 2.45) is 11.8 Å². The molecule has 1 saturated carbocycles. The SMILES string of the molecule is CC(C)CNC(=O)CNC[C@H]1CC[C@H](NC(=O)c2cc(C(F)(F)F)cc(C(F)(F)F)c2)CC1. The van der Waals surface area contributed by atoms with E-state index in [9.17, 15) is 35.9 Å². The second-order valence-electron chi connectivity index (χ2n) is 8.81. The second-order valence-corrected chi connectivity index (χ2v) is 8.81. The van der Waals surface area contributed by atoms with Gasteiger partial charge in [0, 0.05) is 18.2 Å². The van der Waals surface area contributed by atoms with Crippen LogP contribution in [0.15, 0.2) is 18.2 Å². The standard InChI is InChI=1S/C22H29F6N3O2/c1-13(2)10-30-19(32)12-29-11-14-3-5-18(6-4-14)31-20(33)15-7-16(21(23,24)25)9-17(8-15)22(26,27)28/h7-9,13-14,18,29H,3-6,10-12H2,1-2H3,(H,30,32)(H,31,33)/t14-,18-. The lowest BCUT2D eigenvalue weighted by Crippen LogP contribution is -2.41. The van der Waals surface area contributed by atoms with Crippen molar-refractivity contribution in [2.45, 2.75) is 57.9 Å².